The van der Waals surface area contributed by atoms with E-state index in [9.17, 15) is 4.39 Å². The molecular formula is C17H17ClFN. The molecule has 0 amide bonds. The van der Waals surface area contributed by atoms with E-state index in [4.69, 9.17) is 11.6 Å². The minimum atomic E-state index is -0.0932. The van der Waals surface area contributed by atoms with Gasteiger partial charge in [0.25, 0.3) is 0 Å². The van der Waals surface area contributed by atoms with Gasteiger partial charge in [0.05, 0.1) is 10.7 Å². The predicted octanol–water partition coefficient (Wildman–Crippen LogP) is 5.15. The molecule has 0 saturated heterocycles. The maximum atomic E-state index is 13.7. The quantitative estimate of drug-likeness (QED) is 0.824. The van der Waals surface area contributed by atoms with Crippen LogP contribution in [0.4, 0.5) is 10.1 Å². The minimum Gasteiger partial charge on any atom is -0.381 e. The zero-order chi connectivity index (χ0) is 14.1. The number of rotatable bonds is 3. The number of anilines is 1. The van der Waals surface area contributed by atoms with Crippen molar-refractivity contribution in [3.63, 3.8) is 0 Å². The average molecular weight is 290 g/mol. The van der Waals surface area contributed by atoms with Gasteiger partial charge in [0.15, 0.2) is 0 Å². The summed E-state index contributed by atoms with van der Waals surface area (Å²) in [6, 6.07) is 13.4. The van der Waals surface area contributed by atoms with Gasteiger partial charge in [-0.2, -0.15) is 0 Å². The Labute approximate surface area is 123 Å². The van der Waals surface area contributed by atoms with Crippen LogP contribution >= 0.6 is 11.6 Å². The topological polar surface area (TPSA) is 12.0 Å². The molecule has 104 valence electrons. The second-order valence-corrected chi connectivity index (χ2v) is 5.92. The summed E-state index contributed by atoms with van der Waals surface area (Å²) >= 11 is 6.21. The van der Waals surface area contributed by atoms with Crippen molar-refractivity contribution in [2.45, 2.75) is 31.7 Å². The van der Waals surface area contributed by atoms with Crippen molar-refractivity contribution in [2.24, 2.45) is 0 Å². The van der Waals surface area contributed by atoms with Crippen molar-refractivity contribution < 1.29 is 4.39 Å². The summed E-state index contributed by atoms with van der Waals surface area (Å²) < 4.78 is 13.7. The SMILES string of the molecule is Cc1ccc(NC2CC(c3ccccc3F)C2)c(Cl)c1. The van der Waals surface area contributed by atoms with E-state index in [0.29, 0.717) is 12.0 Å². The first-order valence-corrected chi connectivity index (χ1v) is 7.28. The number of benzene rings is 2. The Balaban J connectivity index is 1.62. The van der Waals surface area contributed by atoms with Crippen molar-refractivity contribution in [2.75, 3.05) is 5.32 Å². The molecule has 0 atom stereocenters. The van der Waals surface area contributed by atoms with Gasteiger partial charge in [-0.3, -0.25) is 0 Å². The highest BCUT2D eigenvalue weighted by Crippen LogP contribution is 2.40. The average Bonchev–Trinajstić information content (AvgIpc) is 2.37. The van der Waals surface area contributed by atoms with E-state index in [2.05, 4.69) is 5.32 Å². The lowest BCUT2D eigenvalue weighted by atomic mass is 9.75. The highest BCUT2D eigenvalue weighted by Gasteiger charge is 2.32. The van der Waals surface area contributed by atoms with Crippen LogP contribution in [-0.2, 0) is 0 Å². The zero-order valence-electron chi connectivity index (χ0n) is 11.4. The van der Waals surface area contributed by atoms with Crippen LogP contribution in [0.3, 0.4) is 0 Å². The summed E-state index contributed by atoms with van der Waals surface area (Å²) in [6.07, 6.45) is 1.90. The molecule has 2 aromatic rings. The molecule has 3 rings (SSSR count). The second kappa shape index (κ2) is 5.45. The van der Waals surface area contributed by atoms with Crippen LogP contribution in [0.1, 0.15) is 29.9 Å². The second-order valence-electron chi connectivity index (χ2n) is 5.51. The largest absolute Gasteiger partial charge is 0.381 e. The summed E-state index contributed by atoms with van der Waals surface area (Å²) in [5.74, 6) is 0.224. The standard InChI is InChI=1S/C17H17ClFN/c1-11-6-7-17(15(18)8-11)20-13-9-12(10-13)14-4-2-3-5-16(14)19/h2-8,12-13,20H,9-10H2,1H3. The molecule has 2 aromatic carbocycles. The fourth-order valence-corrected chi connectivity index (χ4v) is 3.04. The number of nitrogens with one attached hydrogen (secondary N) is 1. The highest BCUT2D eigenvalue weighted by molar-refractivity contribution is 6.33. The van der Waals surface area contributed by atoms with Crippen LogP contribution in [0.5, 0.6) is 0 Å². The first-order valence-electron chi connectivity index (χ1n) is 6.90. The van der Waals surface area contributed by atoms with E-state index in [0.717, 1.165) is 34.7 Å². The molecule has 1 aliphatic rings. The van der Waals surface area contributed by atoms with Crippen LogP contribution in [0, 0.1) is 12.7 Å². The third kappa shape index (κ3) is 2.66. The Morgan fingerprint density at radius 3 is 2.60 bits per heavy atom. The van der Waals surface area contributed by atoms with Crippen molar-refractivity contribution >= 4 is 17.3 Å². The van der Waals surface area contributed by atoms with E-state index < -0.39 is 0 Å². The van der Waals surface area contributed by atoms with Gasteiger partial charge < -0.3 is 5.32 Å². The van der Waals surface area contributed by atoms with Crippen LogP contribution < -0.4 is 5.32 Å². The number of aryl methyl sites for hydroxylation is 1. The van der Waals surface area contributed by atoms with E-state index in [1.165, 1.54) is 6.07 Å². The Morgan fingerprint density at radius 1 is 1.15 bits per heavy atom. The molecule has 0 bridgehead atoms. The van der Waals surface area contributed by atoms with E-state index in [-0.39, 0.29) is 5.82 Å². The van der Waals surface area contributed by atoms with Crippen molar-refractivity contribution in [3.05, 3.63) is 64.4 Å². The third-order valence-electron chi connectivity index (χ3n) is 3.97. The fourth-order valence-electron chi connectivity index (χ4n) is 2.75. The predicted molar refractivity (Wildman–Crippen MR) is 82.0 cm³/mol. The molecule has 0 heterocycles. The zero-order valence-corrected chi connectivity index (χ0v) is 12.1. The van der Waals surface area contributed by atoms with Crippen LogP contribution in [0.25, 0.3) is 0 Å². The van der Waals surface area contributed by atoms with Crippen molar-refractivity contribution in [3.8, 4) is 0 Å². The van der Waals surface area contributed by atoms with Crippen molar-refractivity contribution in [1.82, 2.24) is 0 Å². The number of hydrogen-bond acceptors (Lipinski definition) is 1. The van der Waals surface area contributed by atoms with Crippen molar-refractivity contribution in [1.29, 1.82) is 0 Å². The molecule has 3 heteroatoms. The third-order valence-corrected chi connectivity index (χ3v) is 4.28. The van der Waals surface area contributed by atoms with Gasteiger partial charge in [0.2, 0.25) is 0 Å². The Hall–Kier alpha value is -1.54. The molecule has 1 fully saturated rings. The lowest BCUT2D eigenvalue weighted by Gasteiger charge is -2.37. The van der Waals surface area contributed by atoms with Crippen LogP contribution in [-0.4, -0.2) is 6.04 Å². The molecule has 20 heavy (non-hydrogen) atoms. The first kappa shape index (κ1) is 13.4. The Bertz CT molecular complexity index is 620. The molecular weight excluding hydrogens is 273 g/mol. The Morgan fingerprint density at radius 2 is 1.90 bits per heavy atom. The summed E-state index contributed by atoms with van der Waals surface area (Å²) in [6.45, 7) is 2.02. The highest BCUT2D eigenvalue weighted by atomic mass is 35.5. The summed E-state index contributed by atoms with van der Waals surface area (Å²) in [7, 11) is 0. The molecule has 0 aromatic heterocycles. The fraction of sp³-hybridized carbons (Fsp3) is 0.294. The van der Waals surface area contributed by atoms with Gasteiger partial charge in [-0.25, -0.2) is 4.39 Å². The lowest BCUT2D eigenvalue weighted by Crippen LogP contribution is -2.34. The smallest absolute Gasteiger partial charge is 0.126 e. The summed E-state index contributed by atoms with van der Waals surface area (Å²) in [5, 5.41) is 4.19. The van der Waals surface area contributed by atoms with Crippen LogP contribution in [0.15, 0.2) is 42.5 Å². The summed E-state index contributed by atoms with van der Waals surface area (Å²) in [4.78, 5) is 0. The van der Waals surface area contributed by atoms with E-state index >= 15 is 0 Å². The monoisotopic (exact) mass is 289 g/mol. The van der Waals surface area contributed by atoms with Crippen LogP contribution in [0.2, 0.25) is 5.02 Å². The van der Waals surface area contributed by atoms with E-state index in [1.807, 2.05) is 37.3 Å². The molecule has 0 aliphatic heterocycles. The van der Waals surface area contributed by atoms with Gasteiger partial charge in [0, 0.05) is 6.04 Å². The lowest BCUT2D eigenvalue weighted by molar-refractivity contribution is 0.363. The summed E-state index contributed by atoms with van der Waals surface area (Å²) in [5.41, 5.74) is 2.95. The molecule has 1 aliphatic carbocycles. The van der Waals surface area contributed by atoms with Gasteiger partial charge in [0.1, 0.15) is 5.82 Å². The molecule has 1 saturated carbocycles. The van der Waals surface area contributed by atoms with Gasteiger partial charge in [-0.15, -0.1) is 0 Å². The molecule has 0 spiro atoms. The maximum absolute atomic E-state index is 13.7. The molecule has 0 unspecified atom stereocenters. The number of hydrogen-bond donors (Lipinski definition) is 1. The number of halogens is 2. The van der Waals surface area contributed by atoms with Gasteiger partial charge >= 0.3 is 0 Å². The van der Waals surface area contributed by atoms with Gasteiger partial charge in [-0.05, 0) is 55.0 Å². The maximum Gasteiger partial charge on any atom is 0.126 e. The molecule has 1 N–H and O–H groups in total. The molecule has 1 nitrogen and oxygen atoms in total. The normalized spacial score (nSPS) is 21.4. The minimum absolute atomic E-state index is 0.0932. The molecule has 0 radical (unpaired) electrons. The first-order chi connectivity index (χ1) is 9.63. The van der Waals surface area contributed by atoms with Gasteiger partial charge in [-0.1, -0.05) is 35.9 Å². The van der Waals surface area contributed by atoms with E-state index in [1.54, 1.807) is 6.07 Å². The Kier molecular flexibility index (Phi) is 3.66.